The van der Waals surface area contributed by atoms with E-state index in [0.29, 0.717) is 29.5 Å². The first-order valence-electron chi connectivity index (χ1n) is 8.19. The third kappa shape index (κ3) is 6.20. The maximum absolute atomic E-state index is 12.3. The maximum Gasteiger partial charge on any atom is 0.342 e. The highest BCUT2D eigenvalue weighted by molar-refractivity contribution is 7.81. The molecule has 132 valence electrons. The summed E-state index contributed by atoms with van der Waals surface area (Å²) < 4.78 is 10.5. The number of ether oxygens (including phenoxy) is 2. The normalized spacial score (nSPS) is 11.3. The van der Waals surface area contributed by atoms with Crippen LogP contribution >= 0.6 is 12.2 Å². The Balaban J connectivity index is 2.92. The van der Waals surface area contributed by atoms with E-state index in [2.05, 4.69) is 17.6 Å². The summed E-state index contributed by atoms with van der Waals surface area (Å²) in [6, 6.07) is 7.42. The topological polar surface area (TPSA) is 59.6 Å². The SMILES string of the molecule is CCCN/C(C)=C(/C(=O)OCC)C(=S)Nc1ccc(OCC)cc1. The van der Waals surface area contributed by atoms with Gasteiger partial charge < -0.3 is 20.1 Å². The van der Waals surface area contributed by atoms with Crippen LogP contribution in [0.2, 0.25) is 0 Å². The van der Waals surface area contributed by atoms with Gasteiger partial charge in [-0.05, 0) is 51.5 Å². The lowest BCUT2D eigenvalue weighted by molar-refractivity contribution is -0.137. The number of rotatable bonds is 9. The number of anilines is 1. The van der Waals surface area contributed by atoms with Crippen LogP contribution in [0.15, 0.2) is 35.5 Å². The summed E-state index contributed by atoms with van der Waals surface area (Å²) >= 11 is 5.42. The number of thiocarbonyl (C=S) groups is 1. The van der Waals surface area contributed by atoms with Crippen molar-refractivity contribution in [3.63, 3.8) is 0 Å². The van der Waals surface area contributed by atoms with Gasteiger partial charge in [0, 0.05) is 17.9 Å². The molecule has 5 nitrogen and oxygen atoms in total. The molecule has 0 bridgehead atoms. The average Bonchev–Trinajstić information content (AvgIpc) is 2.55. The van der Waals surface area contributed by atoms with Gasteiger partial charge in [-0.2, -0.15) is 0 Å². The second-order valence-corrected chi connectivity index (χ2v) is 5.47. The van der Waals surface area contributed by atoms with E-state index in [-0.39, 0.29) is 0 Å². The molecule has 0 saturated heterocycles. The van der Waals surface area contributed by atoms with E-state index in [1.165, 1.54) is 0 Å². The molecule has 1 rings (SSSR count). The molecule has 0 aromatic heterocycles. The van der Waals surface area contributed by atoms with Gasteiger partial charge in [-0.1, -0.05) is 19.1 Å². The minimum absolute atomic E-state index is 0.301. The molecule has 1 aromatic carbocycles. The third-order valence-corrected chi connectivity index (χ3v) is 3.45. The fourth-order valence-corrected chi connectivity index (χ4v) is 2.37. The zero-order valence-electron chi connectivity index (χ0n) is 14.8. The summed E-state index contributed by atoms with van der Waals surface area (Å²) in [5, 5.41) is 6.28. The van der Waals surface area contributed by atoms with Crippen LogP contribution in [-0.4, -0.2) is 30.7 Å². The van der Waals surface area contributed by atoms with E-state index < -0.39 is 5.97 Å². The number of allylic oxidation sites excluding steroid dienone is 1. The second kappa shape index (κ2) is 10.6. The van der Waals surface area contributed by atoms with Crippen molar-refractivity contribution in [2.24, 2.45) is 0 Å². The Hall–Kier alpha value is -2.08. The molecule has 1 aromatic rings. The predicted molar refractivity (Wildman–Crippen MR) is 101 cm³/mol. The van der Waals surface area contributed by atoms with Gasteiger partial charge in [-0.3, -0.25) is 0 Å². The fourth-order valence-electron chi connectivity index (χ4n) is 2.01. The van der Waals surface area contributed by atoms with Gasteiger partial charge in [0.25, 0.3) is 0 Å². The first-order chi connectivity index (χ1) is 11.5. The van der Waals surface area contributed by atoms with Crippen molar-refractivity contribution in [2.75, 3.05) is 25.1 Å². The van der Waals surface area contributed by atoms with E-state index >= 15 is 0 Å². The van der Waals surface area contributed by atoms with E-state index in [0.717, 1.165) is 24.4 Å². The molecule has 0 unspecified atom stereocenters. The molecular weight excluding hydrogens is 324 g/mol. The molecule has 0 heterocycles. The van der Waals surface area contributed by atoms with Gasteiger partial charge in [-0.15, -0.1) is 0 Å². The molecule has 6 heteroatoms. The van der Waals surface area contributed by atoms with E-state index in [1.54, 1.807) is 6.92 Å². The minimum atomic E-state index is -0.429. The summed E-state index contributed by atoms with van der Waals surface area (Å²) in [4.78, 5) is 12.6. The standard InChI is InChI=1S/C18H26N2O3S/c1-5-12-19-13(4)16(18(21)23-7-3)17(24)20-14-8-10-15(11-9-14)22-6-2/h8-11,19H,5-7,12H2,1-4H3,(H,20,24)/b16-13+. The molecule has 2 N–H and O–H groups in total. The quantitative estimate of drug-likeness (QED) is 0.403. The molecule has 0 radical (unpaired) electrons. The van der Waals surface area contributed by atoms with Crippen molar-refractivity contribution in [3.05, 3.63) is 35.5 Å². The summed E-state index contributed by atoms with van der Waals surface area (Å²) in [5.41, 5.74) is 1.85. The Kier molecular flexibility index (Phi) is 8.86. The summed E-state index contributed by atoms with van der Waals surface area (Å²) in [6.45, 7) is 9.27. The lowest BCUT2D eigenvalue weighted by atomic mass is 10.2. The molecule has 0 spiro atoms. The number of carbonyl (C=O) groups is 1. The van der Waals surface area contributed by atoms with Crippen molar-refractivity contribution in [2.45, 2.75) is 34.1 Å². The van der Waals surface area contributed by atoms with Crippen LogP contribution in [0.4, 0.5) is 5.69 Å². The summed E-state index contributed by atoms with van der Waals surface area (Å²) in [6.07, 6.45) is 0.951. The Bertz CT molecular complexity index is 582. The molecule has 0 aliphatic heterocycles. The fraction of sp³-hybridized carbons (Fsp3) is 0.444. The van der Waals surface area contributed by atoms with Crippen LogP contribution in [0, 0.1) is 0 Å². The summed E-state index contributed by atoms with van der Waals surface area (Å²) in [5.74, 6) is 0.359. The molecule has 0 saturated carbocycles. The summed E-state index contributed by atoms with van der Waals surface area (Å²) in [7, 11) is 0. The number of hydrogen-bond acceptors (Lipinski definition) is 5. The van der Waals surface area contributed by atoms with Crippen LogP contribution in [0.3, 0.4) is 0 Å². The highest BCUT2D eigenvalue weighted by Crippen LogP contribution is 2.17. The zero-order valence-corrected chi connectivity index (χ0v) is 15.6. The molecular formula is C18H26N2O3S. The van der Waals surface area contributed by atoms with Crippen molar-refractivity contribution >= 4 is 28.9 Å². The zero-order chi connectivity index (χ0) is 17.9. The first-order valence-corrected chi connectivity index (χ1v) is 8.60. The lowest BCUT2D eigenvalue weighted by Crippen LogP contribution is -2.26. The number of carbonyl (C=O) groups excluding carboxylic acids is 1. The lowest BCUT2D eigenvalue weighted by Gasteiger charge is -2.15. The number of hydrogen-bond donors (Lipinski definition) is 2. The molecule has 24 heavy (non-hydrogen) atoms. The van der Waals surface area contributed by atoms with Crippen molar-refractivity contribution < 1.29 is 14.3 Å². The number of nitrogens with one attached hydrogen (secondary N) is 2. The van der Waals surface area contributed by atoms with Crippen LogP contribution in [0.5, 0.6) is 5.75 Å². The van der Waals surface area contributed by atoms with Crippen LogP contribution < -0.4 is 15.4 Å². The van der Waals surface area contributed by atoms with Gasteiger partial charge in [0.15, 0.2) is 0 Å². The van der Waals surface area contributed by atoms with Crippen molar-refractivity contribution in [1.82, 2.24) is 5.32 Å². The predicted octanol–water partition coefficient (Wildman–Crippen LogP) is 3.66. The maximum atomic E-state index is 12.3. The van der Waals surface area contributed by atoms with Gasteiger partial charge in [-0.25, -0.2) is 4.79 Å². The molecule has 0 atom stereocenters. The minimum Gasteiger partial charge on any atom is -0.494 e. The van der Waals surface area contributed by atoms with Gasteiger partial charge in [0.2, 0.25) is 0 Å². The third-order valence-electron chi connectivity index (χ3n) is 3.14. The smallest absolute Gasteiger partial charge is 0.342 e. The van der Waals surface area contributed by atoms with Crippen molar-refractivity contribution in [1.29, 1.82) is 0 Å². The first kappa shape index (κ1) is 20.0. The van der Waals surface area contributed by atoms with Crippen molar-refractivity contribution in [3.8, 4) is 5.75 Å². The largest absolute Gasteiger partial charge is 0.494 e. The van der Waals surface area contributed by atoms with Crippen LogP contribution in [-0.2, 0) is 9.53 Å². The Morgan fingerprint density at radius 2 is 1.79 bits per heavy atom. The van der Waals surface area contributed by atoms with Gasteiger partial charge in [0.05, 0.1) is 13.2 Å². The van der Waals surface area contributed by atoms with E-state index in [4.69, 9.17) is 21.7 Å². The van der Waals surface area contributed by atoms with E-state index in [1.807, 2.05) is 38.1 Å². The van der Waals surface area contributed by atoms with Gasteiger partial charge in [0.1, 0.15) is 16.3 Å². The van der Waals surface area contributed by atoms with E-state index in [9.17, 15) is 4.79 Å². The number of esters is 1. The monoisotopic (exact) mass is 350 g/mol. The highest BCUT2D eigenvalue weighted by Gasteiger charge is 2.19. The molecule has 0 fully saturated rings. The average molecular weight is 350 g/mol. The molecule has 0 aliphatic rings. The Morgan fingerprint density at radius 3 is 2.33 bits per heavy atom. The number of benzene rings is 1. The Morgan fingerprint density at radius 1 is 1.12 bits per heavy atom. The van der Waals surface area contributed by atoms with Crippen LogP contribution in [0.1, 0.15) is 34.1 Å². The molecule has 0 amide bonds. The molecule has 0 aliphatic carbocycles. The second-order valence-electron chi connectivity index (χ2n) is 5.06. The van der Waals surface area contributed by atoms with Crippen LogP contribution in [0.25, 0.3) is 0 Å². The highest BCUT2D eigenvalue weighted by atomic mass is 32.1. The Labute approximate surface area is 149 Å². The van der Waals surface area contributed by atoms with Gasteiger partial charge >= 0.3 is 5.97 Å².